The molecule has 5 rings (SSSR count). The number of halogens is 1. The molecule has 2 aromatic carbocycles. The summed E-state index contributed by atoms with van der Waals surface area (Å²) in [5, 5.41) is 13.7. The van der Waals surface area contributed by atoms with Gasteiger partial charge in [-0.2, -0.15) is 0 Å². The topological polar surface area (TPSA) is 105 Å². The Morgan fingerprint density at radius 2 is 2.00 bits per heavy atom. The van der Waals surface area contributed by atoms with Gasteiger partial charge < -0.3 is 24.8 Å². The summed E-state index contributed by atoms with van der Waals surface area (Å²) in [6.45, 7) is 3.32. The van der Waals surface area contributed by atoms with Gasteiger partial charge in [-0.05, 0) is 43.9 Å². The lowest BCUT2D eigenvalue weighted by molar-refractivity contribution is -0.155. The Hall–Kier alpha value is -2.94. The first-order valence-electron chi connectivity index (χ1n) is 12.2. The summed E-state index contributed by atoms with van der Waals surface area (Å²) in [7, 11) is 0. The molecule has 2 amide bonds. The van der Waals surface area contributed by atoms with Gasteiger partial charge in [0, 0.05) is 0 Å². The van der Waals surface area contributed by atoms with Gasteiger partial charge in [0.15, 0.2) is 0 Å². The van der Waals surface area contributed by atoms with Crippen molar-refractivity contribution in [2.24, 2.45) is 11.8 Å². The number of nitrogens with one attached hydrogen (secondary N) is 1. The molecular weight excluding hydrogens is 484 g/mol. The maximum Gasteiger partial charge on any atom is 0.312 e. The van der Waals surface area contributed by atoms with Gasteiger partial charge in [-0.25, -0.2) is 0 Å². The van der Waals surface area contributed by atoms with Crippen molar-refractivity contribution in [3.8, 4) is 0 Å². The maximum atomic E-state index is 14.1. The van der Waals surface area contributed by atoms with Gasteiger partial charge in [0.25, 0.3) is 0 Å². The van der Waals surface area contributed by atoms with Crippen molar-refractivity contribution < 1.29 is 29.0 Å². The number of likely N-dealkylation sites (tertiary alicyclic amines) is 1. The Kier molecular flexibility index (Phi) is 6.53. The molecule has 3 fully saturated rings. The molecule has 3 aliphatic heterocycles. The number of carbonyl (C=O) groups is 3. The second kappa shape index (κ2) is 9.50. The van der Waals surface area contributed by atoms with E-state index in [4.69, 9.17) is 21.1 Å². The molecule has 36 heavy (non-hydrogen) atoms. The normalized spacial score (nSPS) is 29.2. The average Bonchev–Trinajstić information content (AvgIpc) is 3.51. The zero-order valence-corrected chi connectivity index (χ0v) is 20.9. The second-order valence-electron chi connectivity index (χ2n) is 9.58. The van der Waals surface area contributed by atoms with Crippen molar-refractivity contribution in [2.45, 2.75) is 50.5 Å². The lowest BCUT2D eigenvalue weighted by atomic mass is 9.70. The van der Waals surface area contributed by atoms with Crippen LogP contribution in [0.4, 0.5) is 5.69 Å². The SMILES string of the molecule is CCOC(=O)[C@@H]1[C@@H]2CC[C@]3(O2)[C@H](C(=O)Nc2c(C)cccc2Cl)N([C@H](CO)c2ccccc2)C(=O)[C@@H]13. The first-order chi connectivity index (χ1) is 17.3. The van der Waals surface area contributed by atoms with E-state index < -0.39 is 60.0 Å². The molecule has 0 saturated carbocycles. The lowest BCUT2D eigenvalue weighted by Crippen LogP contribution is -2.54. The Bertz CT molecular complexity index is 1170. The summed E-state index contributed by atoms with van der Waals surface area (Å²) < 4.78 is 11.7. The van der Waals surface area contributed by atoms with Gasteiger partial charge in [0.1, 0.15) is 11.6 Å². The third-order valence-corrected chi connectivity index (χ3v) is 8.02. The van der Waals surface area contributed by atoms with Crippen molar-refractivity contribution in [2.75, 3.05) is 18.5 Å². The van der Waals surface area contributed by atoms with E-state index in [0.29, 0.717) is 29.1 Å². The number of fused-ring (bicyclic) bond motifs is 1. The number of para-hydroxylation sites is 1. The Morgan fingerprint density at radius 1 is 1.25 bits per heavy atom. The summed E-state index contributed by atoms with van der Waals surface area (Å²) in [5.74, 6) is -3.04. The van der Waals surface area contributed by atoms with Crippen LogP contribution < -0.4 is 5.32 Å². The third-order valence-electron chi connectivity index (χ3n) is 7.71. The molecule has 2 aromatic rings. The predicted molar refractivity (Wildman–Crippen MR) is 132 cm³/mol. The van der Waals surface area contributed by atoms with E-state index in [1.54, 1.807) is 31.2 Å². The quantitative estimate of drug-likeness (QED) is 0.552. The highest BCUT2D eigenvalue weighted by Crippen LogP contribution is 2.60. The molecule has 9 heteroatoms. The fourth-order valence-electron chi connectivity index (χ4n) is 6.24. The van der Waals surface area contributed by atoms with Crippen molar-refractivity contribution in [1.82, 2.24) is 4.90 Å². The Labute approximate surface area is 214 Å². The molecule has 2 bridgehead atoms. The molecule has 0 unspecified atom stereocenters. The molecule has 2 N–H and O–H groups in total. The number of aliphatic hydroxyl groups is 1. The smallest absolute Gasteiger partial charge is 0.312 e. The molecule has 0 aromatic heterocycles. The first kappa shape index (κ1) is 24.7. The van der Waals surface area contributed by atoms with Crippen LogP contribution in [0.15, 0.2) is 48.5 Å². The number of benzene rings is 2. The minimum Gasteiger partial charge on any atom is -0.466 e. The van der Waals surface area contributed by atoms with Crippen molar-refractivity contribution in [3.05, 3.63) is 64.7 Å². The van der Waals surface area contributed by atoms with Crippen molar-refractivity contribution >= 4 is 35.1 Å². The number of carbonyl (C=O) groups excluding carboxylic acids is 3. The van der Waals surface area contributed by atoms with Crippen LogP contribution in [0.2, 0.25) is 5.02 Å². The number of aryl methyl sites for hydroxylation is 1. The highest BCUT2D eigenvalue weighted by Gasteiger charge is 2.75. The summed E-state index contributed by atoms with van der Waals surface area (Å²) in [5.41, 5.74) is 0.689. The predicted octanol–water partition coefficient (Wildman–Crippen LogP) is 3.26. The van der Waals surface area contributed by atoms with E-state index >= 15 is 0 Å². The van der Waals surface area contributed by atoms with Crippen LogP contribution >= 0.6 is 11.6 Å². The van der Waals surface area contributed by atoms with E-state index in [1.807, 2.05) is 31.2 Å². The molecule has 0 radical (unpaired) electrons. The van der Waals surface area contributed by atoms with Crippen LogP contribution in [0.1, 0.15) is 36.9 Å². The van der Waals surface area contributed by atoms with E-state index in [-0.39, 0.29) is 6.61 Å². The molecule has 3 heterocycles. The molecule has 3 aliphatic rings. The molecule has 190 valence electrons. The van der Waals surface area contributed by atoms with Crippen LogP contribution in [-0.4, -0.2) is 58.8 Å². The number of anilines is 1. The number of amides is 2. The number of hydrogen-bond acceptors (Lipinski definition) is 6. The summed E-state index contributed by atoms with van der Waals surface area (Å²) >= 11 is 6.39. The highest BCUT2D eigenvalue weighted by atomic mass is 35.5. The summed E-state index contributed by atoms with van der Waals surface area (Å²) in [4.78, 5) is 42.5. The average molecular weight is 513 g/mol. The molecule has 8 nitrogen and oxygen atoms in total. The minimum atomic E-state index is -1.21. The number of esters is 1. The van der Waals surface area contributed by atoms with Gasteiger partial charge in [0.2, 0.25) is 11.8 Å². The van der Waals surface area contributed by atoms with Crippen molar-refractivity contribution in [1.29, 1.82) is 0 Å². The van der Waals surface area contributed by atoms with Gasteiger partial charge in [-0.3, -0.25) is 14.4 Å². The second-order valence-corrected chi connectivity index (χ2v) is 9.99. The summed E-state index contributed by atoms with van der Waals surface area (Å²) in [6.07, 6.45) is 0.472. The lowest BCUT2D eigenvalue weighted by Gasteiger charge is -2.37. The number of nitrogens with zero attached hydrogens (tertiary/aromatic N) is 1. The molecule has 3 saturated heterocycles. The van der Waals surface area contributed by atoms with E-state index in [9.17, 15) is 19.5 Å². The van der Waals surface area contributed by atoms with Gasteiger partial charge in [-0.1, -0.05) is 54.1 Å². The number of hydrogen-bond donors (Lipinski definition) is 2. The number of ether oxygens (including phenoxy) is 2. The largest absolute Gasteiger partial charge is 0.466 e. The van der Waals surface area contributed by atoms with Crippen molar-refractivity contribution in [3.63, 3.8) is 0 Å². The number of rotatable bonds is 7. The van der Waals surface area contributed by atoms with E-state index in [1.165, 1.54) is 4.90 Å². The van der Waals surface area contributed by atoms with Crippen LogP contribution in [0.5, 0.6) is 0 Å². The van der Waals surface area contributed by atoms with Gasteiger partial charge in [0.05, 0.1) is 47.9 Å². The Balaban J connectivity index is 1.60. The van der Waals surface area contributed by atoms with E-state index in [0.717, 1.165) is 5.56 Å². The zero-order chi connectivity index (χ0) is 25.6. The van der Waals surface area contributed by atoms with Crippen LogP contribution in [-0.2, 0) is 23.9 Å². The monoisotopic (exact) mass is 512 g/mol. The zero-order valence-electron chi connectivity index (χ0n) is 20.1. The fraction of sp³-hybridized carbons (Fsp3) is 0.444. The van der Waals surface area contributed by atoms with Gasteiger partial charge in [-0.15, -0.1) is 0 Å². The highest BCUT2D eigenvalue weighted by molar-refractivity contribution is 6.34. The standard InChI is InChI=1S/C27H29ClN2O6/c1-3-35-26(34)20-19-12-13-27(36-19)21(20)25(33)30(18(14-31)16-9-5-4-6-10-16)23(27)24(32)29-22-15(2)8-7-11-17(22)28/h4-11,18-21,23,31H,3,12-14H2,1-2H3,(H,29,32)/t18-,19+,20-,21-,23+,27-/m1/s1. The maximum absolute atomic E-state index is 14.1. The summed E-state index contributed by atoms with van der Waals surface area (Å²) in [6, 6.07) is 12.5. The number of aliphatic hydroxyl groups excluding tert-OH is 1. The molecule has 0 aliphatic carbocycles. The first-order valence-corrected chi connectivity index (χ1v) is 12.6. The van der Waals surface area contributed by atoms with Crippen LogP contribution in [0, 0.1) is 18.8 Å². The third kappa shape index (κ3) is 3.70. The minimum absolute atomic E-state index is 0.179. The van der Waals surface area contributed by atoms with Crippen LogP contribution in [0.25, 0.3) is 0 Å². The van der Waals surface area contributed by atoms with E-state index in [2.05, 4.69) is 5.32 Å². The molecular formula is C27H29ClN2O6. The van der Waals surface area contributed by atoms with Crippen LogP contribution in [0.3, 0.4) is 0 Å². The molecule has 6 atom stereocenters. The Morgan fingerprint density at radius 3 is 2.67 bits per heavy atom. The fourth-order valence-corrected chi connectivity index (χ4v) is 6.51. The van der Waals surface area contributed by atoms with Gasteiger partial charge >= 0.3 is 5.97 Å². The molecule has 1 spiro atoms.